The molecule has 0 aromatic carbocycles. The zero-order chi connectivity index (χ0) is 11.3. The maximum absolute atomic E-state index is 11.7. The molecule has 0 aliphatic carbocycles. The number of esters is 1. The summed E-state index contributed by atoms with van der Waals surface area (Å²) in [5, 5.41) is 2.00. The van der Waals surface area contributed by atoms with Crippen LogP contribution in [-0.4, -0.2) is 12.6 Å². The molecule has 0 aliphatic heterocycles. The maximum Gasteiger partial charge on any atom is 0.315 e. The molecule has 2 nitrogen and oxygen atoms in total. The molecule has 15 heavy (non-hydrogen) atoms. The predicted octanol–water partition coefficient (Wildman–Crippen LogP) is 3.05. The molecule has 1 aromatic rings. The van der Waals surface area contributed by atoms with E-state index in [0.717, 1.165) is 0 Å². The van der Waals surface area contributed by atoms with E-state index in [1.54, 1.807) is 17.4 Å². The SMILES string of the molecule is C=CC(C)(Cc1cccs1)C(=O)OCC. The van der Waals surface area contributed by atoms with Crippen LogP contribution in [0.5, 0.6) is 0 Å². The van der Waals surface area contributed by atoms with E-state index in [1.807, 2.05) is 31.4 Å². The molecule has 0 saturated carbocycles. The van der Waals surface area contributed by atoms with Crippen molar-refractivity contribution >= 4 is 17.3 Å². The average Bonchev–Trinajstić information content (AvgIpc) is 2.70. The maximum atomic E-state index is 11.7. The number of thiophene rings is 1. The lowest BCUT2D eigenvalue weighted by atomic mass is 9.86. The Kier molecular flexibility index (Phi) is 4.09. The third kappa shape index (κ3) is 2.93. The Morgan fingerprint density at radius 2 is 2.47 bits per heavy atom. The summed E-state index contributed by atoms with van der Waals surface area (Å²) in [6, 6.07) is 4.00. The summed E-state index contributed by atoms with van der Waals surface area (Å²) in [4.78, 5) is 12.9. The van der Waals surface area contributed by atoms with Gasteiger partial charge in [-0.15, -0.1) is 17.9 Å². The number of hydrogen-bond acceptors (Lipinski definition) is 3. The second kappa shape index (κ2) is 5.12. The van der Waals surface area contributed by atoms with Gasteiger partial charge in [0.2, 0.25) is 0 Å². The van der Waals surface area contributed by atoms with Crippen LogP contribution in [0, 0.1) is 5.41 Å². The molecule has 1 heterocycles. The van der Waals surface area contributed by atoms with Crippen LogP contribution in [0.25, 0.3) is 0 Å². The van der Waals surface area contributed by atoms with E-state index >= 15 is 0 Å². The second-order valence-corrected chi connectivity index (χ2v) is 4.63. The molecule has 1 aromatic heterocycles. The van der Waals surface area contributed by atoms with Gasteiger partial charge in [-0.25, -0.2) is 0 Å². The van der Waals surface area contributed by atoms with Crippen molar-refractivity contribution in [1.29, 1.82) is 0 Å². The minimum Gasteiger partial charge on any atom is -0.465 e. The minimum absolute atomic E-state index is 0.201. The largest absolute Gasteiger partial charge is 0.465 e. The van der Waals surface area contributed by atoms with Gasteiger partial charge in [-0.3, -0.25) is 4.79 Å². The lowest BCUT2D eigenvalue weighted by Gasteiger charge is -2.22. The van der Waals surface area contributed by atoms with Crippen LogP contribution in [0.3, 0.4) is 0 Å². The van der Waals surface area contributed by atoms with Gasteiger partial charge in [0.15, 0.2) is 0 Å². The fraction of sp³-hybridized carbons (Fsp3) is 0.417. The highest BCUT2D eigenvalue weighted by atomic mass is 32.1. The van der Waals surface area contributed by atoms with Crippen LogP contribution in [-0.2, 0) is 16.0 Å². The van der Waals surface area contributed by atoms with Gasteiger partial charge in [0.05, 0.1) is 12.0 Å². The molecule has 82 valence electrons. The van der Waals surface area contributed by atoms with Gasteiger partial charge in [0.25, 0.3) is 0 Å². The summed E-state index contributed by atoms with van der Waals surface area (Å²) in [7, 11) is 0. The van der Waals surface area contributed by atoms with E-state index in [4.69, 9.17) is 4.74 Å². The van der Waals surface area contributed by atoms with Crippen LogP contribution in [0.2, 0.25) is 0 Å². The lowest BCUT2D eigenvalue weighted by Crippen LogP contribution is -2.29. The number of carbonyl (C=O) groups is 1. The Balaban J connectivity index is 2.76. The van der Waals surface area contributed by atoms with E-state index in [-0.39, 0.29) is 5.97 Å². The van der Waals surface area contributed by atoms with Crippen molar-refractivity contribution in [2.75, 3.05) is 6.61 Å². The Bertz CT molecular complexity index is 329. The van der Waals surface area contributed by atoms with E-state index in [0.29, 0.717) is 13.0 Å². The minimum atomic E-state index is -0.610. The summed E-state index contributed by atoms with van der Waals surface area (Å²) in [5.74, 6) is -0.201. The van der Waals surface area contributed by atoms with Crippen molar-refractivity contribution in [3.63, 3.8) is 0 Å². The Morgan fingerprint density at radius 1 is 1.73 bits per heavy atom. The van der Waals surface area contributed by atoms with Gasteiger partial charge in [-0.1, -0.05) is 12.1 Å². The third-order valence-electron chi connectivity index (χ3n) is 2.31. The highest BCUT2D eigenvalue weighted by Gasteiger charge is 2.31. The number of carbonyl (C=O) groups excluding carboxylic acids is 1. The molecule has 3 heteroatoms. The Morgan fingerprint density at radius 3 is 2.93 bits per heavy atom. The van der Waals surface area contributed by atoms with Crippen molar-refractivity contribution in [2.24, 2.45) is 5.41 Å². The van der Waals surface area contributed by atoms with Crippen molar-refractivity contribution < 1.29 is 9.53 Å². The van der Waals surface area contributed by atoms with Crippen molar-refractivity contribution in [3.8, 4) is 0 Å². The van der Waals surface area contributed by atoms with Gasteiger partial charge in [-0.05, 0) is 25.3 Å². The summed E-state index contributed by atoms with van der Waals surface area (Å²) >= 11 is 1.65. The molecule has 0 saturated heterocycles. The van der Waals surface area contributed by atoms with Crippen LogP contribution >= 0.6 is 11.3 Å². The molecule has 1 rings (SSSR count). The standard InChI is InChI=1S/C12H16O2S/c1-4-12(3,11(13)14-5-2)9-10-7-6-8-15-10/h4,6-8H,1,5,9H2,2-3H3. The zero-order valence-electron chi connectivity index (χ0n) is 9.16. The molecule has 0 aliphatic rings. The number of ether oxygens (including phenoxy) is 1. The van der Waals surface area contributed by atoms with Gasteiger partial charge in [0, 0.05) is 11.3 Å². The van der Waals surface area contributed by atoms with Crippen molar-refractivity contribution in [1.82, 2.24) is 0 Å². The zero-order valence-corrected chi connectivity index (χ0v) is 9.97. The van der Waals surface area contributed by atoms with Crippen LogP contribution in [0.1, 0.15) is 18.7 Å². The lowest BCUT2D eigenvalue weighted by molar-refractivity contribution is -0.151. The molecule has 0 spiro atoms. The van der Waals surface area contributed by atoms with Crippen LogP contribution in [0.4, 0.5) is 0 Å². The molecule has 1 atom stereocenters. The van der Waals surface area contributed by atoms with Crippen molar-refractivity contribution in [3.05, 3.63) is 35.0 Å². The first-order chi connectivity index (χ1) is 7.12. The summed E-state index contributed by atoms with van der Waals surface area (Å²) < 4.78 is 5.04. The molecule has 0 N–H and O–H groups in total. The monoisotopic (exact) mass is 224 g/mol. The molecular formula is C12H16O2S. The Hall–Kier alpha value is -1.09. The van der Waals surface area contributed by atoms with E-state index < -0.39 is 5.41 Å². The van der Waals surface area contributed by atoms with Gasteiger partial charge < -0.3 is 4.74 Å². The normalized spacial score (nSPS) is 14.3. The molecule has 0 bridgehead atoms. The first-order valence-electron chi connectivity index (χ1n) is 4.95. The molecule has 1 unspecified atom stereocenters. The molecule has 0 radical (unpaired) electrons. The molecule has 0 amide bonds. The Labute approximate surface area is 94.6 Å². The molecular weight excluding hydrogens is 208 g/mol. The number of rotatable bonds is 5. The smallest absolute Gasteiger partial charge is 0.315 e. The van der Waals surface area contributed by atoms with Gasteiger partial charge in [-0.2, -0.15) is 0 Å². The fourth-order valence-electron chi connectivity index (χ4n) is 1.30. The highest BCUT2D eigenvalue weighted by molar-refractivity contribution is 7.09. The summed E-state index contributed by atoms with van der Waals surface area (Å²) in [6.07, 6.45) is 2.33. The predicted molar refractivity (Wildman–Crippen MR) is 63.0 cm³/mol. The van der Waals surface area contributed by atoms with E-state index in [1.165, 1.54) is 4.88 Å². The number of hydrogen-bond donors (Lipinski definition) is 0. The van der Waals surface area contributed by atoms with Crippen LogP contribution in [0.15, 0.2) is 30.2 Å². The van der Waals surface area contributed by atoms with Crippen LogP contribution < -0.4 is 0 Å². The summed E-state index contributed by atoms with van der Waals surface area (Å²) in [5.41, 5.74) is -0.610. The van der Waals surface area contributed by atoms with E-state index in [9.17, 15) is 4.79 Å². The third-order valence-corrected chi connectivity index (χ3v) is 3.19. The topological polar surface area (TPSA) is 26.3 Å². The summed E-state index contributed by atoms with van der Waals surface area (Å²) in [6.45, 7) is 7.80. The fourth-order valence-corrected chi connectivity index (χ4v) is 2.17. The average molecular weight is 224 g/mol. The first-order valence-corrected chi connectivity index (χ1v) is 5.83. The van der Waals surface area contributed by atoms with Crippen molar-refractivity contribution in [2.45, 2.75) is 20.3 Å². The van der Waals surface area contributed by atoms with E-state index in [2.05, 4.69) is 6.58 Å². The highest BCUT2D eigenvalue weighted by Crippen LogP contribution is 2.27. The van der Waals surface area contributed by atoms with Gasteiger partial charge in [0.1, 0.15) is 0 Å². The second-order valence-electron chi connectivity index (χ2n) is 3.60. The van der Waals surface area contributed by atoms with Gasteiger partial charge >= 0.3 is 5.97 Å². The first kappa shape index (κ1) is 12.0. The quantitative estimate of drug-likeness (QED) is 0.567. The molecule has 0 fully saturated rings.